The van der Waals surface area contributed by atoms with Crippen molar-refractivity contribution in [3.05, 3.63) is 55.9 Å². The second kappa shape index (κ2) is 9.46. The number of azo groups is 1. The van der Waals surface area contributed by atoms with Gasteiger partial charge >= 0.3 is 0 Å². The average Bonchev–Trinajstić information content (AvgIpc) is 3.05. The largest absolute Gasteiger partial charge is 0.493 e. The van der Waals surface area contributed by atoms with Crippen molar-refractivity contribution in [2.45, 2.75) is 40.0 Å². The molecule has 0 aliphatic carbocycles. The maximum Gasteiger partial charge on any atom is 0.284 e. The number of aromatic nitrogens is 2. The number of nitriles is 1. The fraction of sp³-hybridized carbons (Fsp3) is 0.318. The van der Waals surface area contributed by atoms with E-state index in [0.29, 0.717) is 21.1 Å². The maximum atomic E-state index is 12.8. The van der Waals surface area contributed by atoms with Crippen LogP contribution < -0.4 is 5.56 Å². The predicted molar refractivity (Wildman–Crippen MR) is 122 cm³/mol. The number of aromatic hydroxyl groups is 1. The van der Waals surface area contributed by atoms with Gasteiger partial charge in [-0.3, -0.25) is 9.59 Å². The lowest BCUT2D eigenvalue weighted by Gasteiger charge is -2.14. The van der Waals surface area contributed by atoms with Gasteiger partial charge in [0.15, 0.2) is 5.69 Å². The van der Waals surface area contributed by atoms with Gasteiger partial charge in [0.05, 0.1) is 12.1 Å². The first-order valence-electron chi connectivity index (χ1n) is 9.80. The average molecular weight is 500 g/mol. The van der Waals surface area contributed by atoms with E-state index in [1.165, 1.54) is 11.7 Å². The number of para-hydroxylation sites is 1. The molecule has 0 radical (unpaired) electrons. The number of hydrogen-bond donors (Lipinski definition) is 1. The molecule has 0 bridgehead atoms. The molecule has 0 aliphatic heterocycles. The Morgan fingerprint density at radius 3 is 2.66 bits per heavy atom. The highest BCUT2D eigenvalue weighted by Gasteiger charge is 2.21. The van der Waals surface area contributed by atoms with Crippen LogP contribution in [0.2, 0.25) is 0 Å². The van der Waals surface area contributed by atoms with E-state index in [4.69, 9.17) is 4.74 Å². The number of fused-ring (bicyclic) bond motifs is 1. The fourth-order valence-corrected chi connectivity index (χ4v) is 4.10. The first kappa shape index (κ1) is 23.4. The third-order valence-electron chi connectivity index (χ3n) is 5.08. The van der Waals surface area contributed by atoms with Crippen molar-refractivity contribution in [1.82, 2.24) is 9.13 Å². The third-order valence-corrected chi connectivity index (χ3v) is 6.13. The molecule has 1 amide bonds. The van der Waals surface area contributed by atoms with Crippen LogP contribution in [0, 0.1) is 18.3 Å². The summed E-state index contributed by atoms with van der Waals surface area (Å²) in [7, 11) is 1.46. The van der Waals surface area contributed by atoms with Crippen LogP contribution >= 0.6 is 15.9 Å². The summed E-state index contributed by atoms with van der Waals surface area (Å²) in [6.07, 6.45) is 0. The molecule has 1 aromatic carbocycles. The van der Waals surface area contributed by atoms with Crippen LogP contribution in [0.25, 0.3) is 10.9 Å². The summed E-state index contributed by atoms with van der Waals surface area (Å²) >= 11 is 3.38. The standard InChI is InChI=1S/C22H22BrN5O4/c1-12(2)28-17-8-6-5-7-14(17)20(22(28)31)26-25-18(29)10-27-13(3)19(23)16(11-32-4)15(9-24)21(27)30/h5-8,12,31H,10-11H2,1-4H3. The molecular weight excluding hydrogens is 478 g/mol. The van der Waals surface area contributed by atoms with Crippen molar-refractivity contribution in [3.8, 4) is 11.9 Å². The Balaban J connectivity index is 1.99. The van der Waals surface area contributed by atoms with E-state index in [9.17, 15) is 20.0 Å². The molecule has 9 nitrogen and oxygen atoms in total. The molecule has 166 valence electrons. The van der Waals surface area contributed by atoms with Gasteiger partial charge in [-0.05, 0) is 42.8 Å². The third kappa shape index (κ3) is 4.09. The first-order chi connectivity index (χ1) is 15.2. The van der Waals surface area contributed by atoms with Gasteiger partial charge in [0.25, 0.3) is 11.5 Å². The number of hydrogen-bond acceptors (Lipinski definition) is 6. The van der Waals surface area contributed by atoms with E-state index < -0.39 is 18.0 Å². The maximum absolute atomic E-state index is 12.8. The molecule has 0 unspecified atom stereocenters. The number of halogens is 1. The minimum Gasteiger partial charge on any atom is -0.493 e. The number of rotatable bonds is 6. The quantitative estimate of drug-likeness (QED) is 0.500. The van der Waals surface area contributed by atoms with Crippen molar-refractivity contribution in [3.63, 3.8) is 0 Å². The minimum atomic E-state index is -0.703. The lowest BCUT2D eigenvalue weighted by molar-refractivity contribution is -0.118. The summed E-state index contributed by atoms with van der Waals surface area (Å²) in [6.45, 7) is 5.17. The zero-order chi connectivity index (χ0) is 23.6. The number of benzene rings is 1. The number of nitrogens with zero attached hydrogens (tertiary/aromatic N) is 5. The summed E-state index contributed by atoms with van der Waals surface area (Å²) < 4.78 is 8.46. The molecule has 0 saturated carbocycles. The zero-order valence-electron chi connectivity index (χ0n) is 18.1. The van der Waals surface area contributed by atoms with E-state index in [2.05, 4.69) is 26.2 Å². The minimum absolute atomic E-state index is 0.0341. The topological polar surface area (TPSA) is 122 Å². The fourth-order valence-electron chi connectivity index (χ4n) is 3.58. The molecule has 2 aromatic heterocycles. The molecule has 0 fully saturated rings. The van der Waals surface area contributed by atoms with Crippen molar-refractivity contribution < 1.29 is 14.6 Å². The number of methoxy groups -OCH3 is 1. The molecular formula is C22H22BrN5O4. The number of pyridine rings is 1. The molecule has 3 rings (SSSR count). The summed E-state index contributed by atoms with van der Waals surface area (Å²) in [5, 5.41) is 28.5. The molecule has 3 aromatic rings. The van der Waals surface area contributed by atoms with Gasteiger partial charge in [0, 0.05) is 34.3 Å². The monoisotopic (exact) mass is 499 g/mol. The van der Waals surface area contributed by atoms with E-state index in [1.807, 2.05) is 32.0 Å². The molecule has 0 aliphatic rings. The molecule has 0 atom stereocenters. The van der Waals surface area contributed by atoms with Crippen molar-refractivity contribution in [1.29, 1.82) is 5.26 Å². The second-order valence-corrected chi connectivity index (χ2v) is 8.23. The van der Waals surface area contributed by atoms with Gasteiger partial charge in [0.1, 0.15) is 18.2 Å². The van der Waals surface area contributed by atoms with Gasteiger partial charge in [-0.25, -0.2) is 0 Å². The number of carbonyl (C=O) groups is 1. The zero-order valence-corrected chi connectivity index (χ0v) is 19.7. The highest BCUT2D eigenvalue weighted by atomic mass is 79.9. The Labute approximate surface area is 192 Å². The highest BCUT2D eigenvalue weighted by Crippen LogP contribution is 2.40. The number of ether oxygens (including phenoxy) is 1. The van der Waals surface area contributed by atoms with Crippen LogP contribution in [0.1, 0.15) is 36.7 Å². The summed E-state index contributed by atoms with van der Waals surface area (Å²) in [5.41, 5.74) is 1.12. The van der Waals surface area contributed by atoms with Crippen molar-refractivity contribution >= 4 is 38.4 Å². The van der Waals surface area contributed by atoms with E-state index >= 15 is 0 Å². The highest BCUT2D eigenvalue weighted by molar-refractivity contribution is 9.10. The first-order valence-corrected chi connectivity index (χ1v) is 10.6. The number of amides is 1. The molecule has 10 heteroatoms. The van der Waals surface area contributed by atoms with Crippen LogP contribution in [0.5, 0.6) is 5.88 Å². The molecule has 0 saturated heterocycles. The Bertz CT molecular complexity index is 1330. The van der Waals surface area contributed by atoms with E-state index in [1.54, 1.807) is 23.6 Å². The summed E-state index contributed by atoms with van der Waals surface area (Å²) in [5.74, 6) is -0.796. The van der Waals surface area contributed by atoms with Crippen molar-refractivity contribution in [2.24, 2.45) is 10.2 Å². The Hall–Kier alpha value is -3.29. The lowest BCUT2D eigenvalue weighted by atomic mass is 10.1. The summed E-state index contributed by atoms with van der Waals surface area (Å²) in [4.78, 5) is 25.4. The van der Waals surface area contributed by atoms with Gasteiger partial charge in [-0.15, -0.1) is 10.2 Å². The summed E-state index contributed by atoms with van der Waals surface area (Å²) in [6, 6.07) is 9.13. The lowest BCUT2D eigenvalue weighted by Crippen LogP contribution is -2.29. The SMILES string of the molecule is COCc1c(Br)c(C)n(CC(=O)N=Nc2c(O)n(C(C)C)c3ccccc23)c(=O)c1C#N. The second-order valence-electron chi connectivity index (χ2n) is 7.44. The van der Waals surface area contributed by atoms with Crippen LogP contribution in [0.15, 0.2) is 43.8 Å². The Kier molecular flexibility index (Phi) is 6.91. The van der Waals surface area contributed by atoms with Crippen molar-refractivity contribution in [2.75, 3.05) is 7.11 Å². The smallest absolute Gasteiger partial charge is 0.284 e. The van der Waals surface area contributed by atoms with Gasteiger partial charge in [-0.2, -0.15) is 5.26 Å². The molecule has 32 heavy (non-hydrogen) atoms. The molecule has 2 heterocycles. The van der Waals surface area contributed by atoms with E-state index in [-0.39, 0.29) is 29.8 Å². The number of carbonyl (C=O) groups excluding carboxylic acids is 1. The van der Waals surface area contributed by atoms with Crippen LogP contribution in [0.4, 0.5) is 5.69 Å². The van der Waals surface area contributed by atoms with Gasteiger partial charge < -0.3 is 19.0 Å². The van der Waals surface area contributed by atoms with Crippen LogP contribution in [-0.2, 0) is 22.7 Å². The van der Waals surface area contributed by atoms with Gasteiger partial charge in [0.2, 0.25) is 5.88 Å². The Morgan fingerprint density at radius 1 is 1.34 bits per heavy atom. The normalized spacial score (nSPS) is 11.5. The molecule has 1 N–H and O–H groups in total. The van der Waals surface area contributed by atoms with Gasteiger partial charge in [-0.1, -0.05) is 18.2 Å². The Morgan fingerprint density at radius 2 is 2.03 bits per heavy atom. The predicted octanol–water partition coefficient (Wildman–Crippen LogP) is 4.49. The van der Waals surface area contributed by atoms with Crippen LogP contribution in [0.3, 0.4) is 0 Å². The van der Waals surface area contributed by atoms with Crippen LogP contribution in [-0.4, -0.2) is 27.3 Å². The molecule has 0 spiro atoms. The van der Waals surface area contributed by atoms with E-state index in [0.717, 1.165) is 5.52 Å².